The molecule has 0 aromatic carbocycles. The standard InChI is InChI=1S/C15H26N2O3/c1-3-12-5-8-16(9-6-12)14(20)17-10-7-15(4-2,11-17)13(18)19/h12H,3-11H2,1-2H3,(H,18,19). The number of urea groups is 1. The van der Waals surface area contributed by atoms with Gasteiger partial charge in [-0.25, -0.2) is 4.79 Å². The molecule has 0 aromatic heterocycles. The third-order valence-corrected chi connectivity index (χ3v) is 5.22. The molecule has 5 heteroatoms. The fourth-order valence-corrected chi connectivity index (χ4v) is 3.38. The number of likely N-dealkylation sites (tertiary alicyclic amines) is 2. The van der Waals surface area contributed by atoms with Crippen LogP contribution in [0, 0.1) is 11.3 Å². The van der Waals surface area contributed by atoms with Gasteiger partial charge in [-0.3, -0.25) is 4.79 Å². The van der Waals surface area contributed by atoms with Crippen molar-refractivity contribution in [3.63, 3.8) is 0 Å². The predicted molar refractivity (Wildman–Crippen MR) is 76.5 cm³/mol. The first kappa shape index (κ1) is 15.1. The maximum Gasteiger partial charge on any atom is 0.320 e. The average molecular weight is 282 g/mol. The number of aliphatic carboxylic acids is 1. The summed E-state index contributed by atoms with van der Waals surface area (Å²) in [5.41, 5.74) is -0.725. The van der Waals surface area contributed by atoms with Crippen LogP contribution in [0.4, 0.5) is 4.79 Å². The van der Waals surface area contributed by atoms with E-state index in [1.807, 2.05) is 11.8 Å². The van der Waals surface area contributed by atoms with Crippen molar-refractivity contribution in [2.45, 2.75) is 46.0 Å². The molecule has 2 heterocycles. The van der Waals surface area contributed by atoms with E-state index in [2.05, 4.69) is 6.92 Å². The number of carboxylic acid groups (broad SMARTS) is 1. The smallest absolute Gasteiger partial charge is 0.320 e. The zero-order chi connectivity index (χ0) is 14.8. The topological polar surface area (TPSA) is 60.9 Å². The summed E-state index contributed by atoms with van der Waals surface area (Å²) in [6.07, 6.45) is 4.51. The van der Waals surface area contributed by atoms with E-state index in [1.165, 1.54) is 6.42 Å². The molecule has 0 aromatic rings. The number of rotatable bonds is 3. The van der Waals surface area contributed by atoms with E-state index in [4.69, 9.17) is 0 Å². The minimum atomic E-state index is -0.764. The third kappa shape index (κ3) is 2.76. The van der Waals surface area contributed by atoms with Gasteiger partial charge in [-0.15, -0.1) is 0 Å². The van der Waals surface area contributed by atoms with Gasteiger partial charge in [0.2, 0.25) is 0 Å². The lowest BCUT2D eigenvalue weighted by atomic mass is 9.84. The van der Waals surface area contributed by atoms with E-state index < -0.39 is 11.4 Å². The molecule has 1 N–H and O–H groups in total. The molecule has 2 fully saturated rings. The second-order valence-corrected chi connectivity index (χ2v) is 6.23. The number of hydrogen-bond acceptors (Lipinski definition) is 2. The van der Waals surface area contributed by atoms with E-state index in [-0.39, 0.29) is 6.03 Å². The van der Waals surface area contributed by atoms with Crippen molar-refractivity contribution in [3.05, 3.63) is 0 Å². The highest BCUT2D eigenvalue weighted by atomic mass is 16.4. The molecule has 0 radical (unpaired) electrons. The van der Waals surface area contributed by atoms with Crippen LogP contribution in [0.2, 0.25) is 0 Å². The van der Waals surface area contributed by atoms with E-state index in [0.29, 0.717) is 25.9 Å². The molecule has 1 atom stereocenters. The van der Waals surface area contributed by atoms with Crippen molar-refractivity contribution in [2.75, 3.05) is 26.2 Å². The highest BCUT2D eigenvalue weighted by Gasteiger charge is 2.45. The maximum absolute atomic E-state index is 12.5. The molecule has 0 saturated carbocycles. The van der Waals surface area contributed by atoms with Gasteiger partial charge in [-0.05, 0) is 31.6 Å². The van der Waals surface area contributed by atoms with E-state index >= 15 is 0 Å². The number of nitrogens with zero attached hydrogens (tertiary/aromatic N) is 2. The third-order valence-electron chi connectivity index (χ3n) is 5.22. The van der Waals surface area contributed by atoms with Crippen LogP contribution >= 0.6 is 0 Å². The molecular formula is C15H26N2O3. The summed E-state index contributed by atoms with van der Waals surface area (Å²) in [7, 11) is 0. The Morgan fingerprint density at radius 2 is 1.80 bits per heavy atom. The SMILES string of the molecule is CCC1CCN(C(=O)N2CCC(CC)(C(=O)O)C2)CC1. The summed E-state index contributed by atoms with van der Waals surface area (Å²) >= 11 is 0. The quantitative estimate of drug-likeness (QED) is 0.864. The van der Waals surface area contributed by atoms with Gasteiger partial charge in [-0.2, -0.15) is 0 Å². The van der Waals surface area contributed by atoms with Crippen LogP contribution in [0.15, 0.2) is 0 Å². The van der Waals surface area contributed by atoms with Crippen LogP contribution in [0.25, 0.3) is 0 Å². The highest BCUT2D eigenvalue weighted by molar-refractivity contribution is 5.79. The van der Waals surface area contributed by atoms with Crippen LogP contribution in [0.3, 0.4) is 0 Å². The first-order chi connectivity index (χ1) is 9.52. The van der Waals surface area contributed by atoms with Crippen molar-refractivity contribution < 1.29 is 14.7 Å². The van der Waals surface area contributed by atoms with Crippen molar-refractivity contribution >= 4 is 12.0 Å². The molecule has 2 amide bonds. The van der Waals surface area contributed by atoms with Crippen LogP contribution in [-0.4, -0.2) is 53.1 Å². The number of carbonyl (C=O) groups excluding carboxylic acids is 1. The summed E-state index contributed by atoms with van der Waals surface area (Å²) in [5.74, 6) is -0.0219. The molecule has 0 spiro atoms. The van der Waals surface area contributed by atoms with Crippen LogP contribution in [0.1, 0.15) is 46.0 Å². The van der Waals surface area contributed by atoms with Gasteiger partial charge < -0.3 is 14.9 Å². The zero-order valence-corrected chi connectivity index (χ0v) is 12.6. The summed E-state index contributed by atoms with van der Waals surface area (Å²) in [5, 5.41) is 9.39. The normalized spacial score (nSPS) is 27.9. The Hall–Kier alpha value is -1.26. The van der Waals surface area contributed by atoms with Crippen molar-refractivity contribution in [2.24, 2.45) is 11.3 Å². The molecule has 2 aliphatic heterocycles. The molecule has 0 aliphatic carbocycles. The Balaban J connectivity index is 1.93. The molecule has 0 bridgehead atoms. The molecule has 1 unspecified atom stereocenters. The average Bonchev–Trinajstić information content (AvgIpc) is 2.92. The van der Waals surface area contributed by atoms with E-state index in [0.717, 1.165) is 31.8 Å². The molecule has 2 rings (SSSR count). The summed E-state index contributed by atoms with van der Waals surface area (Å²) in [4.78, 5) is 27.6. The second-order valence-electron chi connectivity index (χ2n) is 6.23. The summed E-state index contributed by atoms with van der Waals surface area (Å²) in [6, 6.07) is 0.0381. The first-order valence-electron chi connectivity index (χ1n) is 7.79. The highest BCUT2D eigenvalue weighted by Crippen LogP contribution is 2.35. The van der Waals surface area contributed by atoms with Crippen molar-refractivity contribution in [1.29, 1.82) is 0 Å². The lowest BCUT2D eigenvalue weighted by molar-refractivity contribution is -0.148. The Kier molecular flexibility index (Phi) is 4.55. The molecule has 5 nitrogen and oxygen atoms in total. The van der Waals surface area contributed by atoms with Gasteiger partial charge in [0.1, 0.15) is 0 Å². The fraction of sp³-hybridized carbons (Fsp3) is 0.867. The monoisotopic (exact) mass is 282 g/mol. The van der Waals surface area contributed by atoms with Crippen molar-refractivity contribution in [3.8, 4) is 0 Å². The number of piperidine rings is 1. The number of carboxylic acids is 1. The molecule has 20 heavy (non-hydrogen) atoms. The number of carbonyl (C=O) groups is 2. The van der Waals surface area contributed by atoms with Gasteiger partial charge in [0.05, 0.1) is 5.41 Å². The Labute approximate surface area is 120 Å². The molecule has 2 saturated heterocycles. The van der Waals surface area contributed by atoms with E-state index in [1.54, 1.807) is 4.90 Å². The van der Waals surface area contributed by atoms with Gasteiger partial charge in [0.15, 0.2) is 0 Å². The number of hydrogen-bond donors (Lipinski definition) is 1. The maximum atomic E-state index is 12.5. The first-order valence-corrected chi connectivity index (χ1v) is 7.79. The van der Waals surface area contributed by atoms with Crippen LogP contribution in [0.5, 0.6) is 0 Å². The van der Waals surface area contributed by atoms with Gasteiger partial charge in [0.25, 0.3) is 0 Å². The minimum Gasteiger partial charge on any atom is -0.481 e. The molecule has 2 aliphatic rings. The lowest BCUT2D eigenvalue weighted by Crippen LogP contribution is -2.47. The lowest BCUT2D eigenvalue weighted by Gasteiger charge is -2.34. The Morgan fingerprint density at radius 3 is 2.25 bits per heavy atom. The van der Waals surface area contributed by atoms with Crippen LogP contribution < -0.4 is 0 Å². The Morgan fingerprint density at radius 1 is 1.15 bits per heavy atom. The molecular weight excluding hydrogens is 256 g/mol. The van der Waals surface area contributed by atoms with E-state index in [9.17, 15) is 14.7 Å². The number of amides is 2. The second kappa shape index (κ2) is 6.02. The predicted octanol–water partition coefficient (Wildman–Crippen LogP) is 2.42. The summed E-state index contributed by atoms with van der Waals surface area (Å²) < 4.78 is 0. The van der Waals surface area contributed by atoms with Gasteiger partial charge in [0, 0.05) is 26.2 Å². The Bertz CT molecular complexity index is 377. The van der Waals surface area contributed by atoms with Crippen molar-refractivity contribution in [1.82, 2.24) is 9.80 Å². The zero-order valence-electron chi connectivity index (χ0n) is 12.6. The largest absolute Gasteiger partial charge is 0.481 e. The fourth-order valence-electron chi connectivity index (χ4n) is 3.38. The van der Waals surface area contributed by atoms with Gasteiger partial charge in [-0.1, -0.05) is 20.3 Å². The molecule has 114 valence electrons. The van der Waals surface area contributed by atoms with Crippen LogP contribution in [-0.2, 0) is 4.79 Å². The summed E-state index contributed by atoms with van der Waals surface area (Å²) in [6.45, 7) is 6.68. The minimum absolute atomic E-state index is 0.0381. The van der Waals surface area contributed by atoms with Gasteiger partial charge >= 0.3 is 12.0 Å².